The minimum atomic E-state index is -4.34. The largest absolute Gasteiger partial charge is 1.00 e. The molecule has 1 aromatic rings. The minimum absolute atomic E-state index is 0. The van der Waals surface area contributed by atoms with E-state index in [0.717, 1.165) is 24.8 Å². The van der Waals surface area contributed by atoms with E-state index in [1.165, 1.54) is 12.1 Å². The van der Waals surface area contributed by atoms with Gasteiger partial charge in [0.25, 0.3) is 0 Å². The molecule has 1 rings (SSSR count). The molecule has 0 radical (unpaired) electrons. The number of hydrogen-bond donors (Lipinski definition) is 0. The fourth-order valence-corrected chi connectivity index (χ4v) is 2.87. The van der Waals surface area contributed by atoms with Crippen LogP contribution in [0.4, 0.5) is 0 Å². The summed E-state index contributed by atoms with van der Waals surface area (Å²) in [6.07, 6.45) is 2.82. The van der Waals surface area contributed by atoms with E-state index < -0.39 is 10.1 Å². The Morgan fingerprint density at radius 2 is 2.06 bits per heavy atom. The van der Waals surface area contributed by atoms with Crippen molar-refractivity contribution in [2.75, 3.05) is 0 Å². The predicted molar refractivity (Wildman–Crippen MR) is 65.7 cm³/mol. The predicted octanol–water partition coefficient (Wildman–Crippen LogP) is -0.299. The van der Waals surface area contributed by atoms with E-state index in [9.17, 15) is 13.0 Å². The molecule has 0 bridgehead atoms. The van der Waals surface area contributed by atoms with Crippen LogP contribution in [0.1, 0.15) is 25.3 Å². The number of rotatable bonds is 5. The van der Waals surface area contributed by atoms with Gasteiger partial charge in [-0.15, -0.1) is 0 Å². The van der Waals surface area contributed by atoms with Crippen LogP contribution in [0, 0.1) is 0 Å². The smallest absolute Gasteiger partial charge is 0.744 e. The quantitative estimate of drug-likeness (QED) is 0.423. The fourth-order valence-electron chi connectivity index (χ4n) is 1.50. The summed E-state index contributed by atoms with van der Waals surface area (Å²) < 4.78 is 32.5. The molecule has 0 aliphatic carbocycles. The molecule has 3 nitrogen and oxygen atoms in total. The number of benzene rings is 1. The fraction of sp³-hybridized carbons (Fsp3) is 0.455. The van der Waals surface area contributed by atoms with E-state index in [1.807, 2.05) is 6.07 Å². The number of halogens is 1. The molecule has 0 fully saturated rings. The van der Waals surface area contributed by atoms with Crippen LogP contribution < -0.4 is 29.6 Å². The molecule has 6 heteroatoms. The zero-order valence-corrected chi connectivity index (χ0v) is 14.4. The van der Waals surface area contributed by atoms with Crippen molar-refractivity contribution in [3.63, 3.8) is 0 Å². The molecule has 0 aliphatic rings. The van der Waals surface area contributed by atoms with Gasteiger partial charge in [0.1, 0.15) is 10.1 Å². The molecular weight excluding hydrogens is 315 g/mol. The first-order chi connectivity index (χ1) is 7.43. The average Bonchev–Trinajstić information content (AvgIpc) is 2.17. The van der Waals surface area contributed by atoms with Gasteiger partial charge in [0.05, 0.1) is 4.90 Å². The SMILES string of the molecule is CCCC(Br)Cc1cccc(S(=O)(=O)[O-])c1.[Na+]. The summed E-state index contributed by atoms with van der Waals surface area (Å²) in [5.41, 5.74) is 0.868. The van der Waals surface area contributed by atoms with Gasteiger partial charge >= 0.3 is 29.6 Å². The Morgan fingerprint density at radius 3 is 2.59 bits per heavy atom. The van der Waals surface area contributed by atoms with Crippen LogP contribution in [0.5, 0.6) is 0 Å². The summed E-state index contributed by atoms with van der Waals surface area (Å²) in [5, 5.41) is 0. The molecule has 1 aromatic carbocycles. The van der Waals surface area contributed by atoms with Gasteiger partial charge in [-0.2, -0.15) is 0 Å². The average molecular weight is 329 g/mol. The second kappa shape index (κ2) is 7.92. The Labute approximate surface area is 133 Å². The summed E-state index contributed by atoms with van der Waals surface area (Å²) in [5.74, 6) is 0. The minimum Gasteiger partial charge on any atom is -0.744 e. The van der Waals surface area contributed by atoms with Crippen LogP contribution in [0.2, 0.25) is 0 Å². The van der Waals surface area contributed by atoms with Gasteiger partial charge in [0, 0.05) is 4.83 Å². The third kappa shape index (κ3) is 6.36. The normalized spacial score (nSPS) is 12.9. The van der Waals surface area contributed by atoms with E-state index >= 15 is 0 Å². The molecule has 0 amide bonds. The van der Waals surface area contributed by atoms with Crippen molar-refractivity contribution in [1.82, 2.24) is 0 Å². The van der Waals surface area contributed by atoms with Crippen molar-refractivity contribution in [2.24, 2.45) is 0 Å². The summed E-state index contributed by atoms with van der Waals surface area (Å²) in [6.45, 7) is 2.09. The third-order valence-electron chi connectivity index (χ3n) is 2.25. The van der Waals surface area contributed by atoms with Crippen molar-refractivity contribution in [3.05, 3.63) is 29.8 Å². The van der Waals surface area contributed by atoms with Crippen molar-refractivity contribution in [1.29, 1.82) is 0 Å². The maximum atomic E-state index is 10.8. The molecule has 0 spiro atoms. The Morgan fingerprint density at radius 1 is 1.41 bits per heavy atom. The van der Waals surface area contributed by atoms with E-state index in [-0.39, 0.29) is 34.5 Å². The van der Waals surface area contributed by atoms with Gasteiger partial charge < -0.3 is 4.55 Å². The molecule has 0 N–H and O–H groups in total. The Hall–Kier alpha value is 0.610. The molecule has 0 saturated heterocycles. The second-order valence-electron chi connectivity index (χ2n) is 3.69. The molecular formula is C11H14BrNaO3S. The van der Waals surface area contributed by atoms with Gasteiger partial charge in [0.15, 0.2) is 0 Å². The molecule has 0 aromatic heterocycles. The van der Waals surface area contributed by atoms with Gasteiger partial charge in [-0.3, -0.25) is 0 Å². The van der Waals surface area contributed by atoms with Gasteiger partial charge in [0.2, 0.25) is 0 Å². The van der Waals surface area contributed by atoms with E-state index in [1.54, 1.807) is 6.07 Å². The van der Waals surface area contributed by atoms with Crippen molar-refractivity contribution >= 4 is 26.0 Å². The van der Waals surface area contributed by atoms with E-state index in [4.69, 9.17) is 0 Å². The topological polar surface area (TPSA) is 57.2 Å². The van der Waals surface area contributed by atoms with Crippen LogP contribution in [0.15, 0.2) is 29.2 Å². The molecule has 0 saturated carbocycles. The molecule has 17 heavy (non-hydrogen) atoms. The first kappa shape index (κ1) is 17.6. The summed E-state index contributed by atoms with van der Waals surface area (Å²) in [6, 6.07) is 6.21. The summed E-state index contributed by atoms with van der Waals surface area (Å²) in [7, 11) is -4.34. The number of hydrogen-bond acceptors (Lipinski definition) is 3. The monoisotopic (exact) mass is 328 g/mol. The second-order valence-corrected chi connectivity index (χ2v) is 6.37. The molecule has 1 atom stereocenters. The van der Waals surface area contributed by atoms with Crippen LogP contribution in [0.3, 0.4) is 0 Å². The molecule has 0 aliphatic heterocycles. The van der Waals surface area contributed by atoms with Crippen LogP contribution in [-0.2, 0) is 16.5 Å². The van der Waals surface area contributed by atoms with Crippen molar-refractivity contribution in [3.8, 4) is 0 Å². The van der Waals surface area contributed by atoms with Crippen LogP contribution >= 0.6 is 15.9 Å². The maximum Gasteiger partial charge on any atom is 1.00 e. The Balaban J connectivity index is 0.00000256. The van der Waals surface area contributed by atoms with E-state index in [2.05, 4.69) is 22.9 Å². The molecule has 1 unspecified atom stereocenters. The Bertz CT molecular complexity index is 448. The van der Waals surface area contributed by atoms with Gasteiger partial charge in [-0.1, -0.05) is 41.4 Å². The van der Waals surface area contributed by atoms with Gasteiger partial charge in [-0.05, 0) is 30.5 Å². The molecule has 0 heterocycles. The zero-order chi connectivity index (χ0) is 12.2. The first-order valence-corrected chi connectivity index (χ1v) is 7.44. The van der Waals surface area contributed by atoms with Gasteiger partial charge in [-0.25, -0.2) is 8.42 Å². The molecule has 90 valence electrons. The van der Waals surface area contributed by atoms with E-state index in [0.29, 0.717) is 4.83 Å². The standard InChI is InChI=1S/C11H15BrO3S.Na/c1-2-4-10(12)7-9-5-3-6-11(8-9)16(13,14)15;/h3,5-6,8,10H,2,4,7H2,1H3,(H,13,14,15);/q;+1/p-1. The maximum absolute atomic E-state index is 10.8. The number of alkyl halides is 1. The summed E-state index contributed by atoms with van der Waals surface area (Å²) in [4.78, 5) is 0.170. The van der Waals surface area contributed by atoms with Crippen molar-refractivity contribution in [2.45, 2.75) is 35.9 Å². The van der Waals surface area contributed by atoms with Crippen LogP contribution in [-0.4, -0.2) is 17.8 Å². The Kier molecular flexibility index (Phi) is 8.20. The van der Waals surface area contributed by atoms with Crippen LogP contribution in [0.25, 0.3) is 0 Å². The zero-order valence-electron chi connectivity index (χ0n) is 10.0. The summed E-state index contributed by atoms with van der Waals surface area (Å²) >= 11 is 3.52. The van der Waals surface area contributed by atoms with Crippen molar-refractivity contribution < 1.29 is 42.5 Å². The first-order valence-electron chi connectivity index (χ1n) is 5.12. The third-order valence-corrected chi connectivity index (χ3v) is 3.86.